The van der Waals surface area contributed by atoms with Crippen molar-refractivity contribution >= 4 is 44.2 Å². The van der Waals surface area contributed by atoms with E-state index >= 15 is 4.39 Å². The molecule has 0 bridgehead atoms. The Morgan fingerprint density at radius 1 is 1.00 bits per heavy atom. The number of anilines is 2. The van der Waals surface area contributed by atoms with E-state index in [0.29, 0.717) is 10.9 Å². The van der Waals surface area contributed by atoms with E-state index < -0.39 is 48.6 Å². The van der Waals surface area contributed by atoms with Crippen LogP contribution < -0.4 is 10.5 Å². The lowest BCUT2D eigenvalue weighted by Gasteiger charge is -2.13. The van der Waals surface area contributed by atoms with Gasteiger partial charge in [0.15, 0.2) is 11.6 Å². The molecule has 4 rings (SSSR count). The Balaban J connectivity index is 1.80. The zero-order chi connectivity index (χ0) is 22.3. The number of nitrogens with one attached hydrogen (secondary N) is 1. The van der Waals surface area contributed by atoms with Crippen LogP contribution in [0.4, 0.5) is 24.8 Å². The number of hydrogen-bond acceptors (Lipinski definition) is 5. The van der Waals surface area contributed by atoms with Gasteiger partial charge in [0.2, 0.25) is 5.95 Å². The minimum Gasteiger partial charge on any atom is -0.368 e. The van der Waals surface area contributed by atoms with Gasteiger partial charge in [0.05, 0.1) is 21.8 Å². The maximum absolute atomic E-state index is 15.2. The average Bonchev–Trinajstić information content (AvgIpc) is 2.72. The highest BCUT2D eigenvalue weighted by molar-refractivity contribution is 7.92. The molecule has 3 N–H and O–H groups in total. The van der Waals surface area contributed by atoms with Crippen molar-refractivity contribution in [1.29, 1.82) is 0 Å². The summed E-state index contributed by atoms with van der Waals surface area (Å²) in [6, 6.07) is 9.52. The first-order valence-electron chi connectivity index (χ1n) is 8.65. The van der Waals surface area contributed by atoms with Gasteiger partial charge in [-0.15, -0.1) is 0 Å². The van der Waals surface area contributed by atoms with Crippen molar-refractivity contribution in [3.63, 3.8) is 0 Å². The van der Waals surface area contributed by atoms with Gasteiger partial charge in [-0.1, -0.05) is 23.7 Å². The lowest BCUT2D eigenvalue weighted by molar-refractivity contribution is 0.568. The van der Waals surface area contributed by atoms with E-state index in [-0.39, 0.29) is 11.5 Å². The third-order valence-corrected chi connectivity index (χ3v) is 6.10. The third-order valence-electron chi connectivity index (χ3n) is 4.43. The van der Waals surface area contributed by atoms with Crippen LogP contribution in [0.5, 0.6) is 0 Å². The van der Waals surface area contributed by atoms with Gasteiger partial charge in [0.1, 0.15) is 10.7 Å². The summed E-state index contributed by atoms with van der Waals surface area (Å²) in [4.78, 5) is 7.08. The largest absolute Gasteiger partial charge is 0.368 e. The molecule has 11 heteroatoms. The molecule has 0 aliphatic rings. The zero-order valence-corrected chi connectivity index (χ0v) is 17.0. The first-order valence-corrected chi connectivity index (χ1v) is 10.5. The minimum atomic E-state index is -4.55. The molecule has 6 nitrogen and oxygen atoms in total. The molecule has 31 heavy (non-hydrogen) atoms. The van der Waals surface area contributed by atoms with Crippen LogP contribution in [-0.2, 0) is 10.0 Å². The van der Waals surface area contributed by atoms with E-state index in [2.05, 4.69) is 9.97 Å². The van der Waals surface area contributed by atoms with Crippen molar-refractivity contribution in [2.24, 2.45) is 0 Å². The summed E-state index contributed by atoms with van der Waals surface area (Å²) in [7, 11) is -4.55. The summed E-state index contributed by atoms with van der Waals surface area (Å²) in [5.74, 6) is -3.25. The standard InChI is InChI=1S/C20H12ClF3N4O2S/c21-12-2-1-3-16(18(12)23)31(29,30)28-15-7-5-13(22)17(19(15)24)10-4-6-14-11(8-10)9-26-20(25)27-14/h1-9,28H,(H2,25,26,27). The number of benzene rings is 3. The molecule has 0 saturated heterocycles. The van der Waals surface area contributed by atoms with E-state index in [1.54, 1.807) is 0 Å². The summed E-state index contributed by atoms with van der Waals surface area (Å²) < 4.78 is 70.9. The Kier molecular flexibility index (Phi) is 5.19. The molecule has 0 aliphatic heterocycles. The first-order chi connectivity index (χ1) is 14.7. The van der Waals surface area contributed by atoms with Gasteiger partial charge in [0, 0.05) is 11.6 Å². The molecule has 0 atom stereocenters. The summed E-state index contributed by atoms with van der Waals surface area (Å²) in [6.07, 6.45) is 1.39. The number of halogens is 4. The average molecular weight is 465 g/mol. The number of sulfonamides is 1. The molecular formula is C20H12ClF3N4O2S. The Morgan fingerprint density at radius 3 is 2.55 bits per heavy atom. The fraction of sp³-hybridized carbons (Fsp3) is 0. The van der Waals surface area contributed by atoms with Crippen LogP contribution in [0.3, 0.4) is 0 Å². The number of aromatic nitrogens is 2. The van der Waals surface area contributed by atoms with Crippen molar-refractivity contribution in [2.45, 2.75) is 4.90 Å². The van der Waals surface area contributed by atoms with Gasteiger partial charge in [-0.2, -0.15) is 0 Å². The fourth-order valence-corrected chi connectivity index (χ4v) is 4.38. The highest BCUT2D eigenvalue weighted by atomic mass is 35.5. The van der Waals surface area contributed by atoms with Crippen LogP contribution in [0.1, 0.15) is 0 Å². The zero-order valence-electron chi connectivity index (χ0n) is 15.4. The van der Waals surface area contributed by atoms with E-state index in [4.69, 9.17) is 17.3 Å². The van der Waals surface area contributed by atoms with Gasteiger partial charge in [-0.05, 0) is 42.0 Å². The highest BCUT2D eigenvalue weighted by Gasteiger charge is 2.24. The van der Waals surface area contributed by atoms with Gasteiger partial charge in [-0.25, -0.2) is 31.6 Å². The molecule has 1 aromatic heterocycles. The van der Waals surface area contributed by atoms with E-state index in [9.17, 15) is 17.2 Å². The van der Waals surface area contributed by atoms with Crippen LogP contribution in [-0.4, -0.2) is 18.4 Å². The minimum absolute atomic E-state index is 0.0438. The smallest absolute Gasteiger partial charge is 0.264 e. The lowest BCUT2D eigenvalue weighted by atomic mass is 10.0. The van der Waals surface area contributed by atoms with Crippen molar-refractivity contribution in [3.8, 4) is 11.1 Å². The van der Waals surface area contributed by atoms with E-state index in [1.165, 1.54) is 36.5 Å². The third kappa shape index (κ3) is 3.87. The molecule has 0 amide bonds. The maximum Gasteiger partial charge on any atom is 0.264 e. The normalized spacial score (nSPS) is 11.6. The van der Waals surface area contributed by atoms with Gasteiger partial charge < -0.3 is 5.73 Å². The number of rotatable bonds is 4. The predicted octanol–water partition coefficient (Wildman–Crippen LogP) is 4.75. The molecule has 3 aromatic carbocycles. The Bertz CT molecular complexity index is 1450. The summed E-state index contributed by atoms with van der Waals surface area (Å²) in [5.41, 5.74) is 5.06. The molecule has 158 valence electrons. The van der Waals surface area contributed by atoms with Gasteiger partial charge in [0.25, 0.3) is 10.0 Å². The highest BCUT2D eigenvalue weighted by Crippen LogP contribution is 2.33. The lowest BCUT2D eigenvalue weighted by Crippen LogP contribution is -2.16. The molecular weight excluding hydrogens is 453 g/mol. The number of fused-ring (bicyclic) bond motifs is 1. The van der Waals surface area contributed by atoms with Crippen LogP contribution in [0.25, 0.3) is 22.0 Å². The molecule has 1 heterocycles. The molecule has 0 aliphatic carbocycles. The maximum atomic E-state index is 15.2. The topological polar surface area (TPSA) is 98.0 Å². The van der Waals surface area contributed by atoms with Crippen molar-refractivity contribution < 1.29 is 21.6 Å². The number of nitrogens with zero attached hydrogens (tertiary/aromatic N) is 2. The SMILES string of the molecule is Nc1ncc2cc(-c3c(F)ccc(NS(=O)(=O)c4cccc(Cl)c4F)c3F)ccc2n1. The second-order valence-corrected chi connectivity index (χ2v) is 8.50. The summed E-state index contributed by atoms with van der Waals surface area (Å²) in [6.45, 7) is 0. The molecule has 4 aromatic rings. The Morgan fingerprint density at radius 2 is 1.77 bits per heavy atom. The van der Waals surface area contributed by atoms with Gasteiger partial charge >= 0.3 is 0 Å². The Labute approximate surface area is 179 Å². The monoisotopic (exact) mass is 464 g/mol. The van der Waals surface area contributed by atoms with Crippen LogP contribution >= 0.6 is 11.6 Å². The van der Waals surface area contributed by atoms with Gasteiger partial charge in [-0.3, -0.25) is 4.72 Å². The first kappa shape index (κ1) is 20.9. The number of nitrogens with two attached hydrogens (primary N) is 1. The molecule has 0 radical (unpaired) electrons. The molecule has 0 spiro atoms. The number of hydrogen-bond donors (Lipinski definition) is 2. The molecule has 0 fully saturated rings. The summed E-state index contributed by atoms with van der Waals surface area (Å²) in [5, 5.41) is 0.0552. The second-order valence-electron chi connectivity index (χ2n) is 6.44. The number of nitrogen functional groups attached to an aromatic ring is 1. The van der Waals surface area contributed by atoms with Crippen LogP contribution in [0, 0.1) is 17.5 Å². The molecule has 0 unspecified atom stereocenters. The Hall–Kier alpha value is -3.37. The quantitative estimate of drug-likeness (QED) is 0.454. The fourth-order valence-electron chi connectivity index (χ4n) is 2.99. The van der Waals surface area contributed by atoms with Crippen molar-refractivity contribution in [3.05, 3.63) is 77.2 Å². The van der Waals surface area contributed by atoms with Crippen molar-refractivity contribution in [2.75, 3.05) is 10.5 Å². The van der Waals surface area contributed by atoms with E-state index in [1.807, 2.05) is 4.72 Å². The molecule has 0 saturated carbocycles. The predicted molar refractivity (Wildman–Crippen MR) is 112 cm³/mol. The van der Waals surface area contributed by atoms with Crippen LogP contribution in [0.2, 0.25) is 5.02 Å². The van der Waals surface area contributed by atoms with E-state index in [0.717, 1.165) is 18.2 Å². The van der Waals surface area contributed by atoms with Crippen molar-refractivity contribution in [1.82, 2.24) is 9.97 Å². The van der Waals surface area contributed by atoms with Crippen LogP contribution in [0.15, 0.2) is 59.6 Å². The second kappa shape index (κ2) is 7.71. The summed E-state index contributed by atoms with van der Waals surface area (Å²) >= 11 is 5.63.